The van der Waals surface area contributed by atoms with Gasteiger partial charge in [-0.3, -0.25) is 0 Å². The van der Waals surface area contributed by atoms with Crippen molar-refractivity contribution in [2.45, 2.75) is 57.7 Å². The van der Waals surface area contributed by atoms with Gasteiger partial charge in [-0.2, -0.15) is 0 Å². The van der Waals surface area contributed by atoms with Crippen LogP contribution in [0.25, 0.3) is 0 Å². The molecule has 2 rings (SSSR count). The van der Waals surface area contributed by atoms with Crippen molar-refractivity contribution in [1.82, 2.24) is 0 Å². The molecule has 3 heteroatoms. The average Bonchev–Trinajstić information content (AvgIpc) is 2.47. The number of ether oxygens (including phenoxy) is 2. The van der Waals surface area contributed by atoms with Crippen molar-refractivity contribution in [3.05, 3.63) is 29.8 Å². The highest BCUT2D eigenvalue weighted by atomic mass is 16.5. The van der Waals surface area contributed by atoms with E-state index in [4.69, 9.17) is 9.47 Å². The molecule has 0 aliphatic heterocycles. The lowest BCUT2D eigenvalue weighted by atomic mass is 9.74. The first-order valence-electron chi connectivity index (χ1n) is 8.04. The number of rotatable bonds is 6. The summed E-state index contributed by atoms with van der Waals surface area (Å²) in [6.07, 6.45) is 4.43. The van der Waals surface area contributed by atoms with E-state index in [1.54, 1.807) is 7.11 Å². The molecule has 1 aliphatic carbocycles. The van der Waals surface area contributed by atoms with Gasteiger partial charge in [0.2, 0.25) is 0 Å². The number of methoxy groups -OCH3 is 1. The summed E-state index contributed by atoms with van der Waals surface area (Å²) in [7, 11) is 1.67. The van der Waals surface area contributed by atoms with Gasteiger partial charge >= 0.3 is 0 Å². The van der Waals surface area contributed by atoms with Gasteiger partial charge < -0.3 is 14.6 Å². The molecule has 1 aromatic rings. The van der Waals surface area contributed by atoms with Gasteiger partial charge in [-0.05, 0) is 43.4 Å². The molecular weight excluding hydrogens is 264 g/mol. The van der Waals surface area contributed by atoms with Crippen LogP contribution in [0.3, 0.4) is 0 Å². The fourth-order valence-corrected chi connectivity index (χ4v) is 3.57. The summed E-state index contributed by atoms with van der Waals surface area (Å²) in [5, 5.41) is 10.8. The second kappa shape index (κ2) is 7.28. The first-order valence-corrected chi connectivity index (χ1v) is 8.04. The summed E-state index contributed by atoms with van der Waals surface area (Å²) in [6.45, 7) is 4.92. The molecular formula is C18H28O3. The Morgan fingerprint density at radius 1 is 1.43 bits per heavy atom. The summed E-state index contributed by atoms with van der Waals surface area (Å²) in [5.41, 5.74) is 0.717. The van der Waals surface area contributed by atoms with Crippen LogP contribution in [-0.2, 0) is 11.2 Å². The predicted octanol–water partition coefficient (Wildman–Crippen LogP) is 3.58. The molecule has 1 aliphatic rings. The molecule has 1 fully saturated rings. The molecule has 3 unspecified atom stereocenters. The Morgan fingerprint density at radius 2 is 2.24 bits per heavy atom. The van der Waals surface area contributed by atoms with E-state index < -0.39 is 6.10 Å². The van der Waals surface area contributed by atoms with Crippen LogP contribution in [0, 0.1) is 5.92 Å². The van der Waals surface area contributed by atoms with Gasteiger partial charge in [0.15, 0.2) is 0 Å². The Hall–Kier alpha value is -1.06. The first-order chi connectivity index (χ1) is 10.1. The van der Waals surface area contributed by atoms with Gasteiger partial charge in [-0.15, -0.1) is 0 Å². The van der Waals surface area contributed by atoms with E-state index in [2.05, 4.69) is 6.92 Å². The standard InChI is InChI=1S/C18H28O3/c1-4-21-18(10-6-7-14(2)13-18)17(19)12-15-8-5-9-16(11-15)20-3/h5,8-9,11,14,17,19H,4,6-7,10,12-13H2,1-3H3. The molecule has 21 heavy (non-hydrogen) atoms. The predicted molar refractivity (Wildman–Crippen MR) is 84.7 cm³/mol. The highest BCUT2D eigenvalue weighted by Gasteiger charge is 2.41. The van der Waals surface area contributed by atoms with Gasteiger partial charge in [0.25, 0.3) is 0 Å². The summed E-state index contributed by atoms with van der Waals surface area (Å²) >= 11 is 0. The SMILES string of the molecule is CCOC1(C(O)Cc2cccc(OC)c2)CCCC(C)C1. The van der Waals surface area contributed by atoms with E-state index in [-0.39, 0.29) is 5.60 Å². The molecule has 1 aromatic carbocycles. The smallest absolute Gasteiger partial charge is 0.119 e. The third kappa shape index (κ3) is 3.98. The summed E-state index contributed by atoms with van der Waals surface area (Å²) in [5.74, 6) is 1.45. The van der Waals surface area contributed by atoms with Gasteiger partial charge in [-0.25, -0.2) is 0 Å². The molecule has 0 heterocycles. The zero-order valence-electron chi connectivity index (χ0n) is 13.5. The molecule has 0 spiro atoms. The number of benzene rings is 1. The number of hydrogen-bond acceptors (Lipinski definition) is 3. The minimum atomic E-state index is -0.465. The largest absolute Gasteiger partial charge is 0.497 e. The Morgan fingerprint density at radius 3 is 2.90 bits per heavy atom. The molecule has 118 valence electrons. The van der Waals surface area contributed by atoms with Crippen LogP contribution in [-0.4, -0.2) is 30.5 Å². The van der Waals surface area contributed by atoms with E-state index in [9.17, 15) is 5.11 Å². The van der Waals surface area contributed by atoms with E-state index >= 15 is 0 Å². The number of aliphatic hydroxyl groups excluding tert-OH is 1. The molecule has 0 saturated heterocycles. The van der Waals surface area contributed by atoms with E-state index in [0.29, 0.717) is 18.9 Å². The Balaban J connectivity index is 2.12. The zero-order chi connectivity index (χ0) is 15.3. The van der Waals surface area contributed by atoms with Crippen LogP contribution in [0.1, 0.15) is 45.1 Å². The quantitative estimate of drug-likeness (QED) is 0.871. The van der Waals surface area contributed by atoms with Crippen molar-refractivity contribution in [1.29, 1.82) is 0 Å². The van der Waals surface area contributed by atoms with Crippen LogP contribution in [0.4, 0.5) is 0 Å². The topological polar surface area (TPSA) is 38.7 Å². The Kier molecular flexibility index (Phi) is 5.65. The molecule has 1 N–H and O–H groups in total. The maximum absolute atomic E-state index is 10.8. The van der Waals surface area contributed by atoms with E-state index in [1.165, 1.54) is 6.42 Å². The summed E-state index contributed by atoms with van der Waals surface area (Å²) < 4.78 is 11.3. The maximum Gasteiger partial charge on any atom is 0.119 e. The molecule has 0 amide bonds. The Bertz CT molecular complexity index is 442. The molecule has 3 atom stereocenters. The minimum Gasteiger partial charge on any atom is -0.497 e. The van der Waals surface area contributed by atoms with Gasteiger partial charge in [0, 0.05) is 13.0 Å². The summed E-state index contributed by atoms with van der Waals surface area (Å²) in [6, 6.07) is 7.93. The minimum absolute atomic E-state index is 0.379. The van der Waals surface area contributed by atoms with Crippen molar-refractivity contribution < 1.29 is 14.6 Å². The lowest BCUT2D eigenvalue weighted by Crippen LogP contribution is -2.49. The maximum atomic E-state index is 10.8. The van der Waals surface area contributed by atoms with Crippen LogP contribution < -0.4 is 4.74 Å². The summed E-state index contributed by atoms with van der Waals surface area (Å²) in [4.78, 5) is 0. The van der Waals surface area contributed by atoms with E-state index in [1.807, 2.05) is 31.2 Å². The second-order valence-corrected chi connectivity index (χ2v) is 6.27. The molecule has 0 aromatic heterocycles. The molecule has 0 radical (unpaired) electrons. The average molecular weight is 292 g/mol. The lowest BCUT2D eigenvalue weighted by molar-refractivity contribution is -0.147. The van der Waals surface area contributed by atoms with Crippen molar-refractivity contribution in [3.63, 3.8) is 0 Å². The highest BCUT2D eigenvalue weighted by molar-refractivity contribution is 5.29. The third-order valence-corrected chi connectivity index (χ3v) is 4.59. The zero-order valence-corrected chi connectivity index (χ0v) is 13.5. The van der Waals surface area contributed by atoms with Crippen LogP contribution >= 0.6 is 0 Å². The van der Waals surface area contributed by atoms with Gasteiger partial charge in [0.1, 0.15) is 5.75 Å². The monoisotopic (exact) mass is 292 g/mol. The fraction of sp³-hybridized carbons (Fsp3) is 0.667. The molecule has 3 nitrogen and oxygen atoms in total. The van der Waals surface area contributed by atoms with Crippen molar-refractivity contribution in [2.24, 2.45) is 5.92 Å². The first kappa shape index (κ1) is 16.3. The third-order valence-electron chi connectivity index (χ3n) is 4.59. The van der Waals surface area contributed by atoms with E-state index in [0.717, 1.165) is 30.6 Å². The fourth-order valence-electron chi connectivity index (χ4n) is 3.57. The van der Waals surface area contributed by atoms with Crippen molar-refractivity contribution in [2.75, 3.05) is 13.7 Å². The molecule has 0 bridgehead atoms. The van der Waals surface area contributed by atoms with Gasteiger partial charge in [0.05, 0.1) is 18.8 Å². The van der Waals surface area contributed by atoms with Crippen molar-refractivity contribution in [3.8, 4) is 5.75 Å². The van der Waals surface area contributed by atoms with Crippen LogP contribution in [0.5, 0.6) is 5.75 Å². The number of aliphatic hydroxyl groups is 1. The normalized spacial score (nSPS) is 27.3. The highest BCUT2D eigenvalue weighted by Crippen LogP contribution is 2.38. The second-order valence-electron chi connectivity index (χ2n) is 6.27. The number of hydrogen-bond donors (Lipinski definition) is 1. The Labute approximate surface area is 128 Å². The lowest BCUT2D eigenvalue weighted by Gasteiger charge is -2.43. The van der Waals surface area contributed by atoms with Gasteiger partial charge in [-0.1, -0.05) is 31.9 Å². The van der Waals surface area contributed by atoms with Crippen molar-refractivity contribution >= 4 is 0 Å². The van der Waals surface area contributed by atoms with Crippen LogP contribution in [0.2, 0.25) is 0 Å². The van der Waals surface area contributed by atoms with Crippen LogP contribution in [0.15, 0.2) is 24.3 Å². The molecule has 1 saturated carbocycles.